The normalized spacial score (nSPS) is 15.8. The molecule has 0 unspecified atom stereocenters. The van der Waals surface area contributed by atoms with Crippen molar-refractivity contribution in [1.82, 2.24) is 9.78 Å². The lowest BCUT2D eigenvalue weighted by Crippen LogP contribution is -2.12. The maximum atomic E-state index is 5.68. The molecule has 0 aromatic carbocycles. The minimum absolute atomic E-state index is 0.555. The summed E-state index contributed by atoms with van der Waals surface area (Å²) >= 11 is 0. The molecule has 0 saturated heterocycles. The molecule has 0 spiro atoms. The zero-order valence-electron chi connectivity index (χ0n) is 7.92. The van der Waals surface area contributed by atoms with Gasteiger partial charge in [0, 0.05) is 25.1 Å². The van der Waals surface area contributed by atoms with Crippen LogP contribution in [0.4, 0.5) is 0 Å². The molecule has 0 saturated carbocycles. The second-order valence-corrected chi connectivity index (χ2v) is 3.19. The van der Waals surface area contributed by atoms with Gasteiger partial charge in [-0.2, -0.15) is 5.10 Å². The Balaban J connectivity index is 2.44. The van der Waals surface area contributed by atoms with E-state index in [2.05, 4.69) is 12.0 Å². The third-order valence-corrected chi connectivity index (χ3v) is 2.47. The minimum Gasteiger partial charge on any atom is -0.376 e. The zero-order valence-corrected chi connectivity index (χ0v) is 7.92. The molecular weight excluding hydrogens is 166 g/mol. The van der Waals surface area contributed by atoms with Gasteiger partial charge in [-0.25, -0.2) is 0 Å². The quantitative estimate of drug-likeness (QED) is 0.720. The van der Waals surface area contributed by atoms with Crippen molar-refractivity contribution in [3.8, 4) is 0 Å². The standard InChI is InChI=1S/C9H15N3O/c1-2-12-9(5-10)7-6-13-4-3-8(7)11-12/h2-6,10H2,1H3. The van der Waals surface area contributed by atoms with Crippen molar-refractivity contribution in [3.05, 3.63) is 17.0 Å². The highest BCUT2D eigenvalue weighted by Crippen LogP contribution is 2.19. The average molecular weight is 181 g/mol. The molecule has 1 aromatic heterocycles. The summed E-state index contributed by atoms with van der Waals surface area (Å²) < 4.78 is 7.37. The first-order valence-corrected chi connectivity index (χ1v) is 4.72. The molecule has 4 heteroatoms. The van der Waals surface area contributed by atoms with Crippen LogP contribution in [-0.2, 0) is 30.9 Å². The van der Waals surface area contributed by atoms with Crippen LogP contribution in [0.1, 0.15) is 23.9 Å². The number of nitrogens with two attached hydrogens (primary N) is 1. The van der Waals surface area contributed by atoms with Crippen molar-refractivity contribution < 1.29 is 4.74 Å². The van der Waals surface area contributed by atoms with E-state index in [4.69, 9.17) is 10.5 Å². The van der Waals surface area contributed by atoms with Gasteiger partial charge in [0.2, 0.25) is 0 Å². The van der Waals surface area contributed by atoms with Crippen molar-refractivity contribution >= 4 is 0 Å². The number of aryl methyl sites for hydroxylation is 1. The van der Waals surface area contributed by atoms with E-state index in [1.807, 2.05) is 4.68 Å². The molecule has 0 aliphatic carbocycles. The van der Waals surface area contributed by atoms with Crippen LogP contribution in [0.2, 0.25) is 0 Å². The Morgan fingerprint density at radius 3 is 3.15 bits per heavy atom. The lowest BCUT2D eigenvalue weighted by Gasteiger charge is -2.11. The first-order chi connectivity index (χ1) is 6.36. The predicted octanol–water partition coefficient (Wildman–Crippen LogP) is 0.434. The molecule has 2 N–H and O–H groups in total. The van der Waals surface area contributed by atoms with Crippen LogP contribution in [0.5, 0.6) is 0 Å². The van der Waals surface area contributed by atoms with E-state index in [0.29, 0.717) is 13.2 Å². The molecule has 2 heterocycles. The fourth-order valence-corrected chi connectivity index (χ4v) is 1.79. The van der Waals surface area contributed by atoms with E-state index < -0.39 is 0 Å². The Morgan fingerprint density at radius 1 is 1.62 bits per heavy atom. The van der Waals surface area contributed by atoms with E-state index in [1.165, 1.54) is 11.3 Å². The Hall–Kier alpha value is -0.870. The third-order valence-electron chi connectivity index (χ3n) is 2.47. The van der Waals surface area contributed by atoms with Gasteiger partial charge in [0.25, 0.3) is 0 Å². The van der Waals surface area contributed by atoms with Crippen molar-refractivity contribution in [1.29, 1.82) is 0 Å². The van der Waals surface area contributed by atoms with E-state index in [1.54, 1.807) is 0 Å². The first-order valence-electron chi connectivity index (χ1n) is 4.72. The van der Waals surface area contributed by atoms with Gasteiger partial charge in [-0.3, -0.25) is 4.68 Å². The molecule has 4 nitrogen and oxygen atoms in total. The van der Waals surface area contributed by atoms with Crippen LogP contribution >= 0.6 is 0 Å². The second kappa shape index (κ2) is 3.47. The Labute approximate surface area is 77.7 Å². The average Bonchev–Trinajstić information content (AvgIpc) is 2.55. The van der Waals surface area contributed by atoms with E-state index in [0.717, 1.165) is 25.3 Å². The molecular formula is C9H15N3O. The second-order valence-electron chi connectivity index (χ2n) is 3.19. The molecule has 1 aliphatic heterocycles. The van der Waals surface area contributed by atoms with E-state index in [-0.39, 0.29) is 0 Å². The Morgan fingerprint density at radius 2 is 2.46 bits per heavy atom. The monoisotopic (exact) mass is 181 g/mol. The fourth-order valence-electron chi connectivity index (χ4n) is 1.79. The Bertz CT molecular complexity index is 296. The van der Waals surface area contributed by atoms with Gasteiger partial charge in [0.15, 0.2) is 0 Å². The predicted molar refractivity (Wildman–Crippen MR) is 49.2 cm³/mol. The highest BCUT2D eigenvalue weighted by atomic mass is 16.5. The minimum atomic E-state index is 0.555. The summed E-state index contributed by atoms with van der Waals surface area (Å²) in [7, 11) is 0. The number of hydrogen-bond acceptors (Lipinski definition) is 3. The Kier molecular flexibility index (Phi) is 2.33. The maximum absolute atomic E-state index is 5.68. The molecule has 0 bridgehead atoms. The lowest BCUT2D eigenvalue weighted by molar-refractivity contribution is 0.109. The van der Waals surface area contributed by atoms with Crippen LogP contribution in [0.15, 0.2) is 0 Å². The van der Waals surface area contributed by atoms with Gasteiger partial charge in [0.05, 0.1) is 24.6 Å². The van der Waals surface area contributed by atoms with E-state index in [9.17, 15) is 0 Å². The smallest absolute Gasteiger partial charge is 0.0753 e. The number of rotatable bonds is 2. The topological polar surface area (TPSA) is 53.1 Å². The molecule has 72 valence electrons. The number of aromatic nitrogens is 2. The highest BCUT2D eigenvalue weighted by Gasteiger charge is 2.18. The van der Waals surface area contributed by atoms with Gasteiger partial charge < -0.3 is 10.5 Å². The molecule has 2 rings (SSSR count). The lowest BCUT2D eigenvalue weighted by atomic mass is 10.1. The molecule has 0 radical (unpaired) electrons. The van der Waals surface area contributed by atoms with Crippen molar-refractivity contribution in [2.75, 3.05) is 6.61 Å². The van der Waals surface area contributed by atoms with Crippen molar-refractivity contribution in [3.63, 3.8) is 0 Å². The van der Waals surface area contributed by atoms with Gasteiger partial charge in [0.1, 0.15) is 0 Å². The number of nitrogens with zero attached hydrogens (tertiary/aromatic N) is 2. The summed E-state index contributed by atoms with van der Waals surface area (Å²) in [5, 5.41) is 4.50. The summed E-state index contributed by atoms with van der Waals surface area (Å²) in [5.74, 6) is 0. The van der Waals surface area contributed by atoms with Crippen molar-refractivity contribution in [2.45, 2.75) is 33.0 Å². The van der Waals surface area contributed by atoms with Crippen LogP contribution in [0, 0.1) is 0 Å². The maximum Gasteiger partial charge on any atom is 0.0753 e. The SMILES string of the molecule is CCn1nc2c(c1CN)COCC2. The molecule has 0 atom stereocenters. The highest BCUT2D eigenvalue weighted by molar-refractivity contribution is 5.27. The number of hydrogen-bond donors (Lipinski definition) is 1. The van der Waals surface area contributed by atoms with Gasteiger partial charge in [-0.15, -0.1) is 0 Å². The third kappa shape index (κ3) is 1.36. The molecule has 0 amide bonds. The largest absolute Gasteiger partial charge is 0.376 e. The summed E-state index contributed by atoms with van der Waals surface area (Å²) in [4.78, 5) is 0. The molecule has 1 aromatic rings. The molecule has 13 heavy (non-hydrogen) atoms. The summed E-state index contributed by atoms with van der Waals surface area (Å²) in [6.07, 6.45) is 0.926. The van der Waals surface area contributed by atoms with Gasteiger partial charge in [-0.1, -0.05) is 0 Å². The van der Waals surface area contributed by atoms with Crippen LogP contribution < -0.4 is 5.73 Å². The summed E-state index contributed by atoms with van der Waals surface area (Å²) in [5.41, 5.74) is 9.21. The van der Waals surface area contributed by atoms with Gasteiger partial charge in [-0.05, 0) is 6.92 Å². The number of fused-ring (bicyclic) bond motifs is 1. The summed E-state index contributed by atoms with van der Waals surface area (Å²) in [6.45, 7) is 5.00. The van der Waals surface area contributed by atoms with Crippen LogP contribution in [0.25, 0.3) is 0 Å². The number of ether oxygens (including phenoxy) is 1. The van der Waals surface area contributed by atoms with Crippen molar-refractivity contribution in [2.24, 2.45) is 5.73 Å². The van der Waals surface area contributed by atoms with Crippen LogP contribution in [0.3, 0.4) is 0 Å². The van der Waals surface area contributed by atoms with E-state index >= 15 is 0 Å². The first kappa shape index (κ1) is 8.72. The zero-order chi connectivity index (χ0) is 9.26. The molecule has 1 aliphatic rings. The van der Waals surface area contributed by atoms with Crippen LogP contribution in [-0.4, -0.2) is 16.4 Å². The fraction of sp³-hybridized carbons (Fsp3) is 0.667. The van der Waals surface area contributed by atoms with Gasteiger partial charge >= 0.3 is 0 Å². The molecule has 0 fully saturated rings. The summed E-state index contributed by atoms with van der Waals surface area (Å²) in [6, 6.07) is 0.